The van der Waals surface area contributed by atoms with Gasteiger partial charge in [-0.15, -0.1) is 0 Å². The van der Waals surface area contributed by atoms with E-state index in [4.69, 9.17) is 5.11 Å². The SMILES string of the molecule is C[C@@H]1CN(C(=O)c2ccc3c(c2)CC(=O)N3)C[C@H]1C(=O)O. The third kappa shape index (κ3) is 2.37. The van der Waals surface area contributed by atoms with E-state index in [1.165, 1.54) is 0 Å². The molecule has 0 bridgehead atoms. The molecule has 21 heavy (non-hydrogen) atoms. The first-order valence-electron chi connectivity index (χ1n) is 6.90. The van der Waals surface area contributed by atoms with E-state index in [0.717, 1.165) is 11.3 Å². The van der Waals surface area contributed by atoms with Gasteiger partial charge in [-0.2, -0.15) is 0 Å². The molecule has 2 atom stereocenters. The van der Waals surface area contributed by atoms with Gasteiger partial charge >= 0.3 is 5.97 Å². The molecule has 6 nitrogen and oxygen atoms in total. The van der Waals surface area contributed by atoms with Crippen molar-refractivity contribution >= 4 is 23.5 Å². The van der Waals surface area contributed by atoms with Crippen molar-refractivity contribution in [3.05, 3.63) is 29.3 Å². The standard InChI is InChI=1S/C15H16N2O4/c1-8-6-17(7-11(8)15(20)21)14(19)9-2-3-12-10(4-9)5-13(18)16-12/h2-4,8,11H,5-7H2,1H3,(H,16,18)(H,20,21)/t8-,11-/m1/s1. The molecule has 2 aliphatic rings. The predicted molar refractivity (Wildman–Crippen MR) is 75.0 cm³/mol. The van der Waals surface area contributed by atoms with E-state index in [-0.39, 0.29) is 30.7 Å². The zero-order chi connectivity index (χ0) is 15.1. The van der Waals surface area contributed by atoms with Crippen LogP contribution in [0.15, 0.2) is 18.2 Å². The predicted octanol–water partition coefficient (Wildman–Crippen LogP) is 0.974. The minimum Gasteiger partial charge on any atom is -0.481 e. The molecule has 0 spiro atoms. The van der Waals surface area contributed by atoms with E-state index < -0.39 is 11.9 Å². The van der Waals surface area contributed by atoms with Gasteiger partial charge in [0, 0.05) is 24.3 Å². The summed E-state index contributed by atoms with van der Waals surface area (Å²) in [6.07, 6.45) is 0.282. The van der Waals surface area contributed by atoms with Gasteiger partial charge in [0.05, 0.1) is 12.3 Å². The Morgan fingerprint density at radius 2 is 2.10 bits per heavy atom. The third-order valence-corrected chi connectivity index (χ3v) is 4.19. The zero-order valence-electron chi connectivity index (χ0n) is 11.6. The molecule has 0 radical (unpaired) electrons. The summed E-state index contributed by atoms with van der Waals surface area (Å²) in [5.41, 5.74) is 2.06. The number of hydrogen-bond donors (Lipinski definition) is 2. The fourth-order valence-corrected chi connectivity index (χ4v) is 3.00. The molecular formula is C15H16N2O4. The molecule has 3 rings (SSSR count). The molecular weight excluding hydrogens is 272 g/mol. The van der Waals surface area contributed by atoms with E-state index in [1.807, 2.05) is 6.92 Å². The maximum atomic E-state index is 12.5. The van der Waals surface area contributed by atoms with Crippen molar-refractivity contribution in [1.29, 1.82) is 0 Å². The van der Waals surface area contributed by atoms with Gasteiger partial charge in [-0.25, -0.2) is 0 Å². The number of carbonyl (C=O) groups is 3. The molecule has 2 N–H and O–H groups in total. The number of hydrogen-bond acceptors (Lipinski definition) is 3. The lowest BCUT2D eigenvalue weighted by Crippen LogP contribution is -2.30. The molecule has 0 aliphatic carbocycles. The maximum absolute atomic E-state index is 12.5. The molecule has 2 aliphatic heterocycles. The molecule has 1 saturated heterocycles. The Balaban J connectivity index is 1.79. The largest absolute Gasteiger partial charge is 0.481 e. The van der Waals surface area contributed by atoms with Crippen LogP contribution in [0.1, 0.15) is 22.8 Å². The van der Waals surface area contributed by atoms with Crippen LogP contribution in [0, 0.1) is 11.8 Å². The Hall–Kier alpha value is -2.37. The molecule has 2 heterocycles. The third-order valence-electron chi connectivity index (χ3n) is 4.19. The number of anilines is 1. The molecule has 0 unspecified atom stereocenters. The summed E-state index contributed by atoms with van der Waals surface area (Å²) in [5, 5.41) is 11.8. The van der Waals surface area contributed by atoms with Crippen molar-refractivity contribution in [3.63, 3.8) is 0 Å². The fraction of sp³-hybridized carbons (Fsp3) is 0.400. The first kappa shape index (κ1) is 13.6. The maximum Gasteiger partial charge on any atom is 0.308 e. The summed E-state index contributed by atoms with van der Waals surface area (Å²) in [6, 6.07) is 5.11. The van der Waals surface area contributed by atoms with Gasteiger partial charge < -0.3 is 15.3 Å². The molecule has 0 saturated carbocycles. The number of carboxylic acid groups (broad SMARTS) is 1. The Kier molecular flexibility index (Phi) is 3.16. The highest BCUT2D eigenvalue weighted by atomic mass is 16.4. The second-order valence-electron chi connectivity index (χ2n) is 5.73. The number of aliphatic carboxylic acids is 1. The number of benzene rings is 1. The number of rotatable bonds is 2. The van der Waals surface area contributed by atoms with Gasteiger partial charge in [0.25, 0.3) is 5.91 Å². The van der Waals surface area contributed by atoms with Crippen molar-refractivity contribution in [3.8, 4) is 0 Å². The topological polar surface area (TPSA) is 86.7 Å². The van der Waals surface area contributed by atoms with Crippen LogP contribution in [0.4, 0.5) is 5.69 Å². The smallest absolute Gasteiger partial charge is 0.308 e. The Labute approximate surface area is 121 Å². The van der Waals surface area contributed by atoms with Crippen LogP contribution >= 0.6 is 0 Å². The Bertz CT molecular complexity index is 641. The van der Waals surface area contributed by atoms with Gasteiger partial charge in [0.15, 0.2) is 0 Å². The number of nitrogens with zero attached hydrogens (tertiary/aromatic N) is 1. The highest BCUT2D eigenvalue weighted by molar-refractivity contribution is 6.01. The van der Waals surface area contributed by atoms with Gasteiger partial charge in [-0.1, -0.05) is 6.92 Å². The first-order chi connectivity index (χ1) is 9.95. The van der Waals surface area contributed by atoms with E-state index in [0.29, 0.717) is 12.1 Å². The van der Waals surface area contributed by atoms with Gasteiger partial charge in [0.1, 0.15) is 0 Å². The number of amides is 2. The van der Waals surface area contributed by atoms with Gasteiger partial charge in [-0.3, -0.25) is 14.4 Å². The second kappa shape index (κ2) is 4.87. The molecule has 1 aromatic rings. The number of fused-ring (bicyclic) bond motifs is 1. The average molecular weight is 288 g/mol. The molecule has 0 aromatic heterocycles. The summed E-state index contributed by atoms with van der Waals surface area (Å²) in [6.45, 7) is 2.53. The highest BCUT2D eigenvalue weighted by Gasteiger charge is 2.37. The van der Waals surface area contributed by atoms with Crippen molar-refractivity contribution < 1.29 is 19.5 Å². The van der Waals surface area contributed by atoms with Crippen LogP contribution in [0.3, 0.4) is 0 Å². The lowest BCUT2D eigenvalue weighted by Gasteiger charge is -2.16. The van der Waals surface area contributed by atoms with Crippen LogP contribution in [0.5, 0.6) is 0 Å². The van der Waals surface area contributed by atoms with Crippen LogP contribution in [-0.4, -0.2) is 40.9 Å². The zero-order valence-corrected chi connectivity index (χ0v) is 11.6. The number of nitrogens with one attached hydrogen (secondary N) is 1. The quantitative estimate of drug-likeness (QED) is 0.849. The van der Waals surface area contributed by atoms with Crippen LogP contribution < -0.4 is 5.32 Å². The van der Waals surface area contributed by atoms with E-state index >= 15 is 0 Å². The van der Waals surface area contributed by atoms with Crippen molar-refractivity contribution in [2.45, 2.75) is 13.3 Å². The first-order valence-corrected chi connectivity index (χ1v) is 6.90. The number of carbonyl (C=O) groups excluding carboxylic acids is 2. The molecule has 110 valence electrons. The highest BCUT2D eigenvalue weighted by Crippen LogP contribution is 2.27. The van der Waals surface area contributed by atoms with Crippen LogP contribution in [0.2, 0.25) is 0 Å². The molecule has 2 amide bonds. The van der Waals surface area contributed by atoms with E-state index in [2.05, 4.69) is 5.32 Å². The van der Waals surface area contributed by atoms with Crippen molar-refractivity contribution in [2.24, 2.45) is 11.8 Å². The van der Waals surface area contributed by atoms with Crippen molar-refractivity contribution in [1.82, 2.24) is 4.90 Å². The minimum absolute atomic E-state index is 0.0517. The Morgan fingerprint density at radius 1 is 1.33 bits per heavy atom. The molecule has 1 aromatic carbocycles. The monoisotopic (exact) mass is 288 g/mol. The van der Waals surface area contributed by atoms with E-state index in [9.17, 15) is 14.4 Å². The summed E-state index contributed by atoms with van der Waals surface area (Å²) in [4.78, 5) is 36.5. The Morgan fingerprint density at radius 3 is 2.76 bits per heavy atom. The van der Waals surface area contributed by atoms with E-state index in [1.54, 1.807) is 23.1 Å². The lowest BCUT2D eigenvalue weighted by atomic mass is 9.99. The van der Waals surface area contributed by atoms with Crippen LogP contribution in [-0.2, 0) is 16.0 Å². The molecule has 6 heteroatoms. The molecule has 1 fully saturated rings. The average Bonchev–Trinajstić information content (AvgIpc) is 2.98. The van der Waals surface area contributed by atoms with Gasteiger partial charge in [-0.05, 0) is 29.7 Å². The minimum atomic E-state index is -0.860. The fourth-order valence-electron chi connectivity index (χ4n) is 3.00. The number of likely N-dealkylation sites (tertiary alicyclic amines) is 1. The number of carboxylic acids is 1. The normalized spacial score (nSPS) is 23.9. The summed E-state index contributed by atoms with van der Waals surface area (Å²) in [7, 11) is 0. The summed E-state index contributed by atoms with van der Waals surface area (Å²) < 4.78 is 0. The van der Waals surface area contributed by atoms with Crippen molar-refractivity contribution in [2.75, 3.05) is 18.4 Å². The van der Waals surface area contributed by atoms with Crippen LogP contribution in [0.25, 0.3) is 0 Å². The summed E-state index contributed by atoms with van der Waals surface area (Å²) >= 11 is 0. The second-order valence-corrected chi connectivity index (χ2v) is 5.73. The van der Waals surface area contributed by atoms with Gasteiger partial charge in [0.2, 0.25) is 5.91 Å². The lowest BCUT2D eigenvalue weighted by molar-refractivity contribution is -0.142. The summed E-state index contributed by atoms with van der Waals surface area (Å²) in [5.74, 6) is -1.67.